The molecular weight excluding hydrogens is 313 g/mol. The summed E-state index contributed by atoms with van der Waals surface area (Å²) in [6, 6.07) is 2.05. The largest absolute Gasteiger partial charge is 0.396 e. The van der Waals surface area contributed by atoms with Crippen molar-refractivity contribution in [2.75, 3.05) is 25.5 Å². The third-order valence-electron chi connectivity index (χ3n) is 2.10. The van der Waals surface area contributed by atoms with Crippen molar-refractivity contribution in [1.29, 1.82) is 0 Å². The molecule has 20 heavy (non-hydrogen) atoms. The molecule has 0 saturated heterocycles. The Morgan fingerprint density at radius 1 is 1.45 bits per heavy atom. The van der Waals surface area contributed by atoms with E-state index in [0.717, 1.165) is 12.1 Å². The molecule has 1 aromatic carbocycles. The maximum absolute atomic E-state index is 13.7. The predicted molar refractivity (Wildman–Crippen MR) is 71.0 cm³/mol. The molecule has 0 bridgehead atoms. The average molecular weight is 326 g/mol. The van der Waals surface area contributed by atoms with Crippen molar-refractivity contribution in [2.45, 2.75) is 4.90 Å². The summed E-state index contributed by atoms with van der Waals surface area (Å²) in [5, 5.41) is -0.00532. The number of hydrogen-bond donors (Lipinski definition) is 3. The number of sulfonamides is 1. The summed E-state index contributed by atoms with van der Waals surface area (Å²) in [6.45, 7) is -0.596. The second kappa shape index (κ2) is 6.84. The minimum Gasteiger partial charge on any atom is -0.396 e. The number of ether oxygens (including phenoxy) is 1. The monoisotopic (exact) mass is 325 g/mol. The lowest BCUT2D eigenvalue weighted by molar-refractivity contribution is -0.122. The summed E-state index contributed by atoms with van der Waals surface area (Å²) in [7, 11) is -4.12. The summed E-state index contributed by atoms with van der Waals surface area (Å²) in [4.78, 5) is 9.73. The van der Waals surface area contributed by atoms with Gasteiger partial charge in [-0.2, -0.15) is 0 Å². The van der Waals surface area contributed by atoms with Crippen LogP contribution < -0.4 is 16.2 Å². The number of halogens is 2. The molecule has 0 heterocycles. The standard InChI is InChI=1S/C10H13ClFN3O4S/c11-6-3-7(13)10(12)8(4-6)20(17,18)15-1-2-19-5-9(14)16/h3-4,15H,1-2,5,13H2,(H2,14,16). The molecule has 0 aliphatic rings. The Bertz CT molecular complexity index is 609. The number of rotatable bonds is 7. The Labute approximate surface area is 120 Å². The lowest BCUT2D eigenvalue weighted by Crippen LogP contribution is -2.29. The Morgan fingerprint density at radius 2 is 2.10 bits per heavy atom. The second-order valence-corrected chi connectivity index (χ2v) is 5.90. The second-order valence-electron chi connectivity index (χ2n) is 3.72. The molecule has 1 aromatic rings. The van der Waals surface area contributed by atoms with Gasteiger partial charge in [0.2, 0.25) is 15.9 Å². The molecule has 5 N–H and O–H groups in total. The lowest BCUT2D eigenvalue weighted by Gasteiger charge is -2.09. The van der Waals surface area contributed by atoms with Crippen LogP contribution in [0.5, 0.6) is 0 Å². The molecule has 0 aliphatic carbocycles. The zero-order valence-electron chi connectivity index (χ0n) is 10.2. The minimum absolute atomic E-state index is 0.00532. The van der Waals surface area contributed by atoms with Crippen LogP contribution in [0.25, 0.3) is 0 Å². The zero-order chi connectivity index (χ0) is 15.3. The number of anilines is 1. The Hall–Kier alpha value is -1.42. The topological polar surface area (TPSA) is 125 Å². The van der Waals surface area contributed by atoms with Crippen molar-refractivity contribution in [3.05, 3.63) is 23.0 Å². The molecule has 1 amide bonds. The normalized spacial score (nSPS) is 11.5. The van der Waals surface area contributed by atoms with E-state index in [2.05, 4.69) is 4.72 Å². The van der Waals surface area contributed by atoms with Crippen molar-refractivity contribution in [2.24, 2.45) is 5.73 Å². The summed E-state index contributed by atoms with van der Waals surface area (Å²) in [5.74, 6) is -1.76. The van der Waals surface area contributed by atoms with Gasteiger partial charge < -0.3 is 16.2 Å². The van der Waals surface area contributed by atoms with Crippen LogP contribution in [-0.4, -0.2) is 34.1 Å². The van der Waals surface area contributed by atoms with Gasteiger partial charge in [-0.05, 0) is 12.1 Å². The fraction of sp³-hybridized carbons (Fsp3) is 0.300. The number of primary amides is 1. The van der Waals surface area contributed by atoms with Crippen molar-refractivity contribution in [3.8, 4) is 0 Å². The van der Waals surface area contributed by atoms with Gasteiger partial charge in [0.1, 0.15) is 11.5 Å². The molecule has 112 valence electrons. The van der Waals surface area contributed by atoms with E-state index in [-0.39, 0.29) is 30.5 Å². The molecule has 1 rings (SSSR count). The first-order chi connectivity index (χ1) is 9.24. The highest BCUT2D eigenvalue weighted by molar-refractivity contribution is 7.89. The number of nitrogens with two attached hydrogens (primary N) is 2. The molecule has 0 atom stereocenters. The first kappa shape index (κ1) is 16.6. The minimum atomic E-state index is -4.12. The highest BCUT2D eigenvalue weighted by Crippen LogP contribution is 2.24. The number of carbonyl (C=O) groups is 1. The Kier molecular flexibility index (Phi) is 5.69. The highest BCUT2D eigenvalue weighted by Gasteiger charge is 2.21. The van der Waals surface area contributed by atoms with E-state index in [1.807, 2.05) is 0 Å². The molecule has 0 saturated carbocycles. The van der Waals surface area contributed by atoms with Crippen molar-refractivity contribution < 1.29 is 22.3 Å². The van der Waals surface area contributed by atoms with Crippen molar-refractivity contribution >= 4 is 33.2 Å². The number of carbonyl (C=O) groups excluding carboxylic acids is 1. The third kappa shape index (κ3) is 4.60. The first-order valence-corrected chi connectivity index (χ1v) is 7.20. The van der Waals surface area contributed by atoms with Crippen LogP contribution in [0.3, 0.4) is 0 Å². The highest BCUT2D eigenvalue weighted by atomic mass is 35.5. The maximum atomic E-state index is 13.7. The fourth-order valence-corrected chi connectivity index (χ4v) is 2.71. The summed E-state index contributed by atoms with van der Waals surface area (Å²) in [6.07, 6.45) is 0. The van der Waals surface area contributed by atoms with E-state index in [9.17, 15) is 17.6 Å². The molecule has 0 aromatic heterocycles. The van der Waals surface area contributed by atoms with Crippen LogP contribution >= 0.6 is 11.6 Å². The average Bonchev–Trinajstić information content (AvgIpc) is 2.32. The van der Waals surface area contributed by atoms with Crippen molar-refractivity contribution in [3.63, 3.8) is 0 Å². The van der Waals surface area contributed by atoms with Gasteiger partial charge in [-0.15, -0.1) is 0 Å². The van der Waals surface area contributed by atoms with Crippen LogP contribution in [0.2, 0.25) is 5.02 Å². The summed E-state index contributed by atoms with van der Waals surface area (Å²) in [5.41, 5.74) is 9.75. The van der Waals surface area contributed by atoms with E-state index in [0.29, 0.717) is 0 Å². The van der Waals surface area contributed by atoms with Gasteiger partial charge in [0.15, 0.2) is 5.82 Å². The first-order valence-electron chi connectivity index (χ1n) is 5.34. The molecule has 0 fully saturated rings. The fourth-order valence-electron chi connectivity index (χ4n) is 1.28. The molecule has 0 radical (unpaired) electrons. The zero-order valence-corrected chi connectivity index (χ0v) is 11.8. The van der Waals surface area contributed by atoms with Gasteiger partial charge >= 0.3 is 0 Å². The number of nitrogen functional groups attached to an aromatic ring is 1. The molecular formula is C10H13ClFN3O4S. The number of hydrogen-bond acceptors (Lipinski definition) is 5. The summed E-state index contributed by atoms with van der Waals surface area (Å²) < 4.78 is 44.2. The predicted octanol–water partition coefficient (Wildman–Crippen LogP) is -0.159. The maximum Gasteiger partial charge on any atom is 0.243 e. The van der Waals surface area contributed by atoms with Gasteiger partial charge in [-0.25, -0.2) is 17.5 Å². The smallest absolute Gasteiger partial charge is 0.243 e. The molecule has 7 nitrogen and oxygen atoms in total. The van der Waals surface area contributed by atoms with Crippen molar-refractivity contribution in [1.82, 2.24) is 4.72 Å². The number of nitrogens with one attached hydrogen (secondary N) is 1. The van der Waals surface area contributed by atoms with Crippen LogP contribution in [0.15, 0.2) is 17.0 Å². The summed E-state index contributed by atoms with van der Waals surface area (Å²) >= 11 is 5.63. The van der Waals surface area contributed by atoms with Gasteiger partial charge in [-0.1, -0.05) is 11.6 Å². The van der Waals surface area contributed by atoms with Crippen LogP contribution in [0.1, 0.15) is 0 Å². The van der Waals surface area contributed by atoms with E-state index in [1.165, 1.54) is 0 Å². The molecule has 0 aliphatic heterocycles. The third-order valence-corrected chi connectivity index (χ3v) is 3.78. The van der Waals surface area contributed by atoms with Gasteiger partial charge in [0.25, 0.3) is 0 Å². The molecule has 0 spiro atoms. The van der Waals surface area contributed by atoms with Crippen LogP contribution in [0.4, 0.5) is 10.1 Å². The van der Waals surface area contributed by atoms with E-state index in [1.54, 1.807) is 0 Å². The Balaban J connectivity index is 2.72. The SMILES string of the molecule is NC(=O)COCCNS(=O)(=O)c1cc(Cl)cc(N)c1F. The molecule has 10 heteroatoms. The molecule has 0 unspecified atom stereocenters. The number of amides is 1. The van der Waals surface area contributed by atoms with E-state index in [4.69, 9.17) is 27.8 Å². The van der Waals surface area contributed by atoms with E-state index < -0.39 is 26.6 Å². The lowest BCUT2D eigenvalue weighted by atomic mass is 10.3. The van der Waals surface area contributed by atoms with Gasteiger partial charge in [-0.3, -0.25) is 4.79 Å². The Morgan fingerprint density at radius 3 is 2.70 bits per heavy atom. The van der Waals surface area contributed by atoms with Gasteiger partial charge in [0.05, 0.1) is 12.3 Å². The van der Waals surface area contributed by atoms with Gasteiger partial charge in [0, 0.05) is 11.6 Å². The quantitative estimate of drug-likeness (QED) is 0.474. The van der Waals surface area contributed by atoms with E-state index >= 15 is 0 Å². The van der Waals surface area contributed by atoms with Crippen LogP contribution in [-0.2, 0) is 19.6 Å². The number of benzene rings is 1. The van der Waals surface area contributed by atoms with Crippen LogP contribution in [0, 0.1) is 5.82 Å².